The van der Waals surface area contributed by atoms with Crippen LogP contribution < -0.4 is 9.64 Å². The van der Waals surface area contributed by atoms with Crippen molar-refractivity contribution < 1.29 is 14.3 Å². The van der Waals surface area contributed by atoms with Gasteiger partial charge in [-0.2, -0.15) is 10.4 Å². The highest BCUT2D eigenvalue weighted by Crippen LogP contribution is 2.37. The van der Waals surface area contributed by atoms with Crippen molar-refractivity contribution in [3.63, 3.8) is 0 Å². The Bertz CT molecular complexity index is 1660. The molecule has 4 aromatic heterocycles. The Hall–Kier alpha value is -4.75. The maximum absolute atomic E-state index is 13.1. The van der Waals surface area contributed by atoms with E-state index in [0.29, 0.717) is 30.2 Å². The third-order valence-electron chi connectivity index (χ3n) is 8.07. The summed E-state index contributed by atoms with van der Waals surface area (Å²) in [6.07, 6.45) is 11.0. The first kappa shape index (κ1) is 24.3. The highest BCUT2D eigenvalue weighted by molar-refractivity contribution is 5.95. The molecule has 3 saturated heterocycles. The zero-order valence-corrected chi connectivity index (χ0v) is 22.0. The van der Waals surface area contributed by atoms with E-state index < -0.39 is 0 Å². The SMILES string of the molecule is COc1ccc(C(=O)N2C3CC2CN(c2ccc(-c4cc(C5=CCOCC5)cn5ncc(C#N)c45)cn2)C3)cn1. The Morgan fingerprint density at radius 2 is 1.98 bits per heavy atom. The molecular weight excluding hydrogens is 506 g/mol. The molecule has 0 saturated carbocycles. The van der Waals surface area contributed by atoms with Gasteiger partial charge in [0.2, 0.25) is 5.88 Å². The molecule has 4 aromatic rings. The molecule has 0 N–H and O–H groups in total. The number of piperidine rings is 1. The summed E-state index contributed by atoms with van der Waals surface area (Å²) >= 11 is 0. The van der Waals surface area contributed by atoms with E-state index >= 15 is 0 Å². The lowest BCUT2D eigenvalue weighted by atomic mass is 9.86. The fraction of sp³-hybridized carbons (Fsp3) is 0.300. The number of hydrogen-bond donors (Lipinski definition) is 0. The van der Waals surface area contributed by atoms with E-state index in [4.69, 9.17) is 14.5 Å². The Labute approximate surface area is 231 Å². The summed E-state index contributed by atoms with van der Waals surface area (Å²) in [6, 6.07) is 12.2. The summed E-state index contributed by atoms with van der Waals surface area (Å²) in [4.78, 5) is 26.4. The number of carbonyl (C=O) groups is 1. The summed E-state index contributed by atoms with van der Waals surface area (Å²) in [6.45, 7) is 2.75. The third kappa shape index (κ3) is 4.06. The summed E-state index contributed by atoms with van der Waals surface area (Å²) in [5, 5.41) is 14.2. The molecule has 200 valence electrons. The zero-order valence-electron chi connectivity index (χ0n) is 22.0. The van der Waals surface area contributed by atoms with E-state index in [1.165, 1.54) is 5.57 Å². The number of fused-ring (bicyclic) bond motifs is 3. The molecular formula is C30H27N7O3. The standard InChI is InChI=1S/C30H27N7O3/c1-39-28-5-3-21(14-33-28)30(38)37-24-11-25(37)18-35(17-24)27-4-2-20(13-32-27)26-10-22(19-6-8-40-9-7-19)16-36-29(26)23(12-31)15-34-36/h2-6,10,13-16,24-25H,7-9,11,17-18H2,1H3. The van der Waals surface area contributed by atoms with E-state index in [1.54, 1.807) is 36.2 Å². The number of amides is 1. The summed E-state index contributed by atoms with van der Waals surface area (Å²) < 4.78 is 12.4. The topological polar surface area (TPSA) is 109 Å². The molecule has 8 heterocycles. The van der Waals surface area contributed by atoms with E-state index in [0.717, 1.165) is 54.0 Å². The first-order chi connectivity index (χ1) is 19.6. The van der Waals surface area contributed by atoms with Crippen LogP contribution in [0.15, 0.2) is 61.2 Å². The number of rotatable bonds is 5. The van der Waals surface area contributed by atoms with Crippen LogP contribution in [0.4, 0.5) is 5.82 Å². The molecule has 0 aliphatic carbocycles. The second kappa shape index (κ2) is 9.77. The van der Waals surface area contributed by atoms with E-state index in [-0.39, 0.29) is 18.0 Å². The predicted octanol–water partition coefficient (Wildman–Crippen LogP) is 3.58. The molecule has 40 heavy (non-hydrogen) atoms. The number of nitriles is 1. The van der Waals surface area contributed by atoms with Crippen molar-refractivity contribution in [3.05, 3.63) is 77.9 Å². The first-order valence-corrected chi connectivity index (χ1v) is 13.4. The van der Waals surface area contributed by atoms with Gasteiger partial charge in [0.1, 0.15) is 11.9 Å². The Balaban J connectivity index is 1.13. The molecule has 2 unspecified atom stereocenters. The van der Waals surface area contributed by atoms with Crippen LogP contribution in [0.25, 0.3) is 22.2 Å². The van der Waals surface area contributed by atoms with Crippen LogP contribution in [0.3, 0.4) is 0 Å². The average Bonchev–Trinajstić information content (AvgIpc) is 3.44. The average molecular weight is 534 g/mol. The maximum atomic E-state index is 13.1. The predicted molar refractivity (Wildman–Crippen MR) is 148 cm³/mol. The van der Waals surface area contributed by atoms with Crippen molar-refractivity contribution in [2.24, 2.45) is 0 Å². The Morgan fingerprint density at radius 1 is 1.10 bits per heavy atom. The highest BCUT2D eigenvalue weighted by atomic mass is 16.5. The zero-order chi connectivity index (χ0) is 27.2. The van der Waals surface area contributed by atoms with Crippen LogP contribution in [0.2, 0.25) is 0 Å². The van der Waals surface area contributed by atoms with Gasteiger partial charge in [-0.1, -0.05) is 6.08 Å². The van der Waals surface area contributed by atoms with Gasteiger partial charge in [0.25, 0.3) is 5.91 Å². The van der Waals surface area contributed by atoms with Gasteiger partial charge in [0.15, 0.2) is 0 Å². The largest absolute Gasteiger partial charge is 0.481 e. The van der Waals surface area contributed by atoms with Gasteiger partial charge in [-0.15, -0.1) is 0 Å². The maximum Gasteiger partial charge on any atom is 0.256 e. The molecule has 0 spiro atoms. The molecule has 10 heteroatoms. The van der Waals surface area contributed by atoms with Gasteiger partial charge in [-0.3, -0.25) is 4.79 Å². The van der Waals surface area contributed by atoms with Gasteiger partial charge in [0, 0.05) is 48.9 Å². The van der Waals surface area contributed by atoms with Crippen molar-refractivity contribution in [2.75, 3.05) is 38.3 Å². The van der Waals surface area contributed by atoms with E-state index in [2.05, 4.69) is 39.3 Å². The second-order valence-corrected chi connectivity index (χ2v) is 10.3. The summed E-state index contributed by atoms with van der Waals surface area (Å²) in [7, 11) is 1.56. The summed E-state index contributed by atoms with van der Waals surface area (Å²) in [5.41, 5.74) is 6.00. The van der Waals surface area contributed by atoms with Gasteiger partial charge in [-0.25, -0.2) is 14.5 Å². The van der Waals surface area contributed by atoms with Crippen molar-refractivity contribution >= 4 is 22.8 Å². The molecule has 2 bridgehead atoms. The minimum absolute atomic E-state index is 0.0111. The number of nitrogens with zero attached hydrogens (tertiary/aromatic N) is 7. The number of methoxy groups -OCH3 is 1. The fourth-order valence-electron chi connectivity index (χ4n) is 6.03. The monoisotopic (exact) mass is 533 g/mol. The van der Waals surface area contributed by atoms with E-state index in [1.807, 2.05) is 23.4 Å². The van der Waals surface area contributed by atoms with Crippen LogP contribution >= 0.6 is 0 Å². The van der Waals surface area contributed by atoms with Gasteiger partial charge in [-0.05, 0) is 48.2 Å². The molecule has 4 aliphatic heterocycles. The molecule has 0 radical (unpaired) electrons. The first-order valence-electron chi connectivity index (χ1n) is 13.4. The third-order valence-corrected chi connectivity index (χ3v) is 8.07. The van der Waals surface area contributed by atoms with Crippen LogP contribution in [-0.4, -0.2) is 75.9 Å². The smallest absolute Gasteiger partial charge is 0.256 e. The van der Waals surface area contributed by atoms with Crippen LogP contribution in [-0.2, 0) is 4.74 Å². The molecule has 8 rings (SSSR count). The van der Waals surface area contributed by atoms with Crippen molar-refractivity contribution in [2.45, 2.75) is 24.9 Å². The van der Waals surface area contributed by atoms with Crippen molar-refractivity contribution in [3.8, 4) is 23.1 Å². The van der Waals surface area contributed by atoms with E-state index in [9.17, 15) is 10.1 Å². The lowest BCUT2D eigenvalue weighted by molar-refractivity contribution is 0.00572. The minimum atomic E-state index is 0.0111. The fourth-order valence-corrected chi connectivity index (χ4v) is 6.03. The quantitative estimate of drug-likeness (QED) is 0.383. The second-order valence-electron chi connectivity index (χ2n) is 10.3. The molecule has 4 aliphatic rings. The number of carbonyl (C=O) groups excluding carboxylic acids is 1. The number of hydrogen-bond acceptors (Lipinski definition) is 8. The van der Waals surface area contributed by atoms with Gasteiger partial charge in [0.05, 0.1) is 55.2 Å². The van der Waals surface area contributed by atoms with Crippen LogP contribution in [0.5, 0.6) is 5.88 Å². The lowest BCUT2D eigenvalue weighted by Gasteiger charge is -2.56. The van der Waals surface area contributed by atoms with Crippen LogP contribution in [0, 0.1) is 11.3 Å². The van der Waals surface area contributed by atoms with Crippen molar-refractivity contribution in [1.29, 1.82) is 5.26 Å². The molecule has 3 fully saturated rings. The number of ether oxygens (including phenoxy) is 2. The summed E-state index contributed by atoms with van der Waals surface area (Å²) in [5.74, 6) is 1.38. The molecule has 0 aromatic carbocycles. The number of anilines is 1. The van der Waals surface area contributed by atoms with Gasteiger partial charge >= 0.3 is 0 Å². The Morgan fingerprint density at radius 3 is 2.65 bits per heavy atom. The normalized spacial score (nSPS) is 20.1. The molecule has 10 nitrogen and oxygen atoms in total. The highest BCUT2D eigenvalue weighted by Gasteiger charge is 2.47. The molecule has 2 atom stereocenters. The Kier molecular flexibility index (Phi) is 5.94. The number of aromatic nitrogens is 4. The van der Waals surface area contributed by atoms with Gasteiger partial charge < -0.3 is 19.3 Å². The lowest BCUT2D eigenvalue weighted by Crippen LogP contribution is -2.70. The number of piperazine rings is 1. The van der Waals surface area contributed by atoms with Crippen molar-refractivity contribution in [1.82, 2.24) is 24.5 Å². The number of pyridine rings is 3. The molecule has 1 amide bonds. The van der Waals surface area contributed by atoms with Crippen LogP contribution in [0.1, 0.15) is 34.3 Å². The minimum Gasteiger partial charge on any atom is -0.481 e.